The van der Waals surface area contributed by atoms with Crippen molar-refractivity contribution >= 4 is 11.8 Å². The number of rotatable bonds is 17. The third-order valence-corrected chi connectivity index (χ3v) is 6.28. The molecule has 174 valence electrons. The molecule has 0 spiro atoms. The second-order valence-corrected chi connectivity index (χ2v) is 8.77. The van der Waals surface area contributed by atoms with Gasteiger partial charge in [0.2, 0.25) is 0 Å². The topological polar surface area (TPSA) is 43.4 Å². The van der Waals surface area contributed by atoms with Crippen molar-refractivity contribution in [2.75, 3.05) is 6.61 Å². The molecular formula is C28H44O3. The lowest BCUT2D eigenvalue weighted by molar-refractivity contribution is -0.143. The zero-order valence-corrected chi connectivity index (χ0v) is 20.4. The van der Waals surface area contributed by atoms with Crippen molar-refractivity contribution in [3.05, 3.63) is 47.5 Å². The summed E-state index contributed by atoms with van der Waals surface area (Å²) >= 11 is 0. The second kappa shape index (κ2) is 15.8. The van der Waals surface area contributed by atoms with Crippen LogP contribution in [0.4, 0.5) is 0 Å². The molecule has 0 aromatic heterocycles. The molecule has 0 amide bonds. The maximum atomic E-state index is 13.0. The number of allylic oxidation sites excluding steroid dienone is 2. The van der Waals surface area contributed by atoms with Crippen LogP contribution in [-0.2, 0) is 19.7 Å². The van der Waals surface area contributed by atoms with E-state index in [1.807, 2.05) is 25.1 Å². The van der Waals surface area contributed by atoms with Crippen LogP contribution in [0.15, 0.2) is 42.0 Å². The number of unbranched alkanes of at least 4 members (excludes halogenated alkanes) is 5. The predicted octanol–water partition coefficient (Wildman–Crippen LogP) is 7.72. The van der Waals surface area contributed by atoms with Crippen LogP contribution in [0.2, 0.25) is 0 Å². The van der Waals surface area contributed by atoms with E-state index in [0.717, 1.165) is 56.9 Å². The lowest BCUT2D eigenvalue weighted by atomic mass is 9.70. The number of Topliss-reactive ketones (excluding diaryl/α,β-unsaturated/α-hetero) is 1. The molecule has 1 aromatic rings. The first-order chi connectivity index (χ1) is 15.0. The monoisotopic (exact) mass is 428 g/mol. The molecular weight excluding hydrogens is 384 g/mol. The highest BCUT2D eigenvalue weighted by molar-refractivity contribution is 5.88. The molecule has 0 aliphatic carbocycles. The van der Waals surface area contributed by atoms with E-state index in [1.165, 1.54) is 24.8 Å². The van der Waals surface area contributed by atoms with E-state index in [2.05, 4.69) is 32.1 Å². The molecule has 1 rings (SSSR count). The molecule has 1 atom stereocenters. The van der Waals surface area contributed by atoms with Crippen molar-refractivity contribution in [2.24, 2.45) is 0 Å². The highest BCUT2D eigenvalue weighted by Gasteiger charge is 2.35. The van der Waals surface area contributed by atoms with Crippen molar-refractivity contribution < 1.29 is 14.3 Å². The molecule has 0 N–H and O–H groups in total. The first-order valence-corrected chi connectivity index (χ1v) is 12.3. The van der Waals surface area contributed by atoms with Gasteiger partial charge in [0.25, 0.3) is 0 Å². The smallest absolute Gasteiger partial charge is 0.305 e. The van der Waals surface area contributed by atoms with E-state index in [0.29, 0.717) is 13.0 Å². The molecule has 0 aliphatic heterocycles. The van der Waals surface area contributed by atoms with Crippen LogP contribution < -0.4 is 0 Å². The Hall–Kier alpha value is -1.90. The van der Waals surface area contributed by atoms with Crippen LogP contribution >= 0.6 is 0 Å². The van der Waals surface area contributed by atoms with Crippen molar-refractivity contribution in [3.8, 4) is 0 Å². The van der Waals surface area contributed by atoms with E-state index in [4.69, 9.17) is 4.74 Å². The maximum Gasteiger partial charge on any atom is 0.305 e. The summed E-state index contributed by atoms with van der Waals surface area (Å²) in [5.74, 6) is 0.160. The van der Waals surface area contributed by atoms with Gasteiger partial charge in [-0.2, -0.15) is 0 Å². The number of hydrogen-bond acceptors (Lipinski definition) is 3. The molecule has 3 heteroatoms. The van der Waals surface area contributed by atoms with Crippen LogP contribution in [0, 0.1) is 0 Å². The maximum absolute atomic E-state index is 13.0. The molecule has 3 nitrogen and oxygen atoms in total. The Morgan fingerprint density at radius 3 is 2.19 bits per heavy atom. The van der Waals surface area contributed by atoms with Crippen LogP contribution in [0.25, 0.3) is 0 Å². The summed E-state index contributed by atoms with van der Waals surface area (Å²) in [6.07, 6.45) is 14.3. The summed E-state index contributed by atoms with van der Waals surface area (Å²) in [4.78, 5) is 24.4. The fourth-order valence-electron chi connectivity index (χ4n) is 4.33. The van der Waals surface area contributed by atoms with Gasteiger partial charge >= 0.3 is 5.97 Å². The van der Waals surface area contributed by atoms with E-state index in [9.17, 15) is 9.59 Å². The van der Waals surface area contributed by atoms with Gasteiger partial charge < -0.3 is 4.74 Å². The second-order valence-electron chi connectivity index (χ2n) is 8.77. The molecule has 0 saturated heterocycles. The molecule has 0 aliphatic rings. The zero-order valence-electron chi connectivity index (χ0n) is 20.4. The number of carbonyl (C=O) groups excluding carboxylic acids is 2. The molecule has 0 fully saturated rings. The van der Waals surface area contributed by atoms with Gasteiger partial charge in [0, 0.05) is 6.42 Å². The minimum Gasteiger partial charge on any atom is -0.466 e. The lowest BCUT2D eigenvalue weighted by Crippen LogP contribution is -2.34. The van der Waals surface area contributed by atoms with E-state index in [1.54, 1.807) is 6.92 Å². The largest absolute Gasteiger partial charge is 0.466 e. The standard InChI is InChI=1S/C28H44O3/c1-5-7-11-17-24(3)18-16-23-28(25(4)29,26-19-12-10-13-20-26)22-15-9-8-14-21-27(30)31-6-2/h10,12-13,18-20H,5-9,11,14-17,21-23H2,1-4H3. The van der Waals surface area contributed by atoms with Crippen molar-refractivity contribution in [1.82, 2.24) is 0 Å². The van der Waals surface area contributed by atoms with Crippen LogP contribution in [0.1, 0.15) is 110 Å². The lowest BCUT2D eigenvalue weighted by Gasteiger charge is -2.32. The number of esters is 1. The van der Waals surface area contributed by atoms with E-state index in [-0.39, 0.29) is 11.8 Å². The molecule has 0 heterocycles. The molecule has 0 bridgehead atoms. The highest BCUT2D eigenvalue weighted by Crippen LogP contribution is 2.36. The van der Waals surface area contributed by atoms with Crippen molar-refractivity contribution in [3.63, 3.8) is 0 Å². The van der Waals surface area contributed by atoms with Crippen molar-refractivity contribution in [1.29, 1.82) is 0 Å². The van der Waals surface area contributed by atoms with Gasteiger partial charge in [-0.15, -0.1) is 0 Å². The van der Waals surface area contributed by atoms with Crippen LogP contribution in [0.5, 0.6) is 0 Å². The minimum absolute atomic E-state index is 0.106. The summed E-state index contributed by atoms with van der Waals surface area (Å²) in [5.41, 5.74) is 2.17. The van der Waals surface area contributed by atoms with Crippen LogP contribution in [-0.4, -0.2) is 18.4 Å². The van der Waals surface area contributed by atoms with Gasteiger partial charge in [-0.25, -0.2) is 0 Å². The molecule has 31 heavy (non-hydrogen) atoms. The van der Waals surface area contributed by atoms with Gasteiger partial charge in [0.05, 0.1) is 12.0 Å². The Morgan fingerprint density at radius 2 is 1.55 bits per heavy atom. The summed E-state index contributed by atoms with van der Waals surface area (Å²) < 4.78 is 5.00. The number of ketones is 1. The number of ether oxygens (including phenoxy) is 1. The van der Waals surface area contributed by atoms with E-state index >= 15 is 0 Å². The average molecular weight is 429 g/mol. The third kappa shape index (κ3) is 10.3. The molecule has 1 unspecified atom stereocenters. The van der Waals surface area contributed by atoms with Gasteiger partial charge in [-0.1, -0.05) is 81.0 Å². The fourth-order valence-corrected chi connectivity index (χ4v) is 4.33. The van der Waals surface area contributed by atoms with Gasteiger partial charge in [-0.3, -0.25) is 9.59 Å². The van der Waals surface area contributed by atoms with E-state index < -0.39 is 5.41 Å². The zero-order chi connectivity index (χ0) is 23.0. The van der Waals surface area contributed by atoms with Gasteiger partial charge in [0.1, 0.15) is 5.78 Å². The Balaban J connectivity index is 2.72. The molecule has 1 aromatic carbocycles. The Labute approximate surface area is 190 Å². The Morgan fingerprint density at radius 1 is 0.871 bits per heavy atom. The fraction of sp³-hybridized carbons (Fsp3) is 0.643. The summed E-state index contributed by atoms with van der Waals surface area (Å²) in [7, 11) is 0. The Bertz CT molecular complexity index is 662. The summed E-state index contributed by atoms with van der Waals surface area (Å²) in [6, 6.07) is 10.3. The average Bonchev–Trinajstić information content (AvgIpc) is 2.75. The van der Waals surface area contributed by atoms with Gasteiger partial charge in [-0.05, 0) is 64.9 Å². The number of carbonyl (C=O) groups is 2. The minimum atomic E-state index is -0.414. The summed E-state index contributed by atoms with van der Waals surface area (Å²) in [5, 5.41) is 0. The predicted molar refractivity (Wildman–Crippen MR) is 130 cm³/mol. The number of hydrogen-bond donors (Lipinski definition) is 0. The number of benzene rings is 1. The third-order valence-electron chi connectivity index (χ3n) is 6.28. The first-order valence-electron chi connectivity index (χ1n) is 12.3. The quantitative estimate of drug-likeness (QED) is 0.145. The Kier molecular flexibility index (Phi) is 13.9. The van der Waals surface area contributed by atoms with Crippen LogP contribution in [0.3, 0.4) is 0 Å². The highest BCUT2D eigenvalue weighted by atomic mass is 16.5. The molecule has 0 radical (unpaired) electrons. The molecule has 0 saturated carbocycles. The first kappa shape index (κ1) is 27.1. The normalized spacial score (nSPS) is 13.6. The van der Waals surface area contributed by atoms with Crippen molar-refractivity contribution in [2.45, 2.75) is 110 Å². The summed E-state index contributed by atoms with van der Waals surface area (Å²) in [6.45, 7) is 8.49. The SMILES string of the molecule is CCCCCC(C)=CCCC(CCCCCCC(=O)OCC)(C(C)=O)c1ccccc1. The van der Waals surface area contributed by atoms with Gasteiger partial charge in [0.15, 0.2) is 0 Å².